The van der Waals surface area contributed by atoms with E-state index in [0.717, 1.165) is 0 Å². The maximum absolute atomic E-state index is 12.1. The van der Waals surface area contributed by atoms with Crippen LogP contribution in [0.1, 0.15) is 20.7 Å². The molecule has 0 spiro atoms. The Balaban J connectivity index is 1.84. The smallest absolute Gasteiger partial charge is 0.407 e. The molecule has 0 unspecified atom stereocenters. The van der Waals surface area contributed by atoms with Crippen molar-refractivity contribution < 1.29 is 19.5 Å². The minimum atomic E-state index is -1.03. The van der Waals surface area contributed by atoms with Crippen molar-refractivity contribution in [2.24, 2.45) is 0 Å². The van der Waals surface area contributed by atoms with Crippen molar-refractivity contribution in [2.45, 2.75) is 6.04 Å². The first-order valence-corrected chi connectivity index (χ1v) is 5.54. The summed E-state index contributed by atoms with van der Waals surface area (Å²) < 4.78 is 0. The molecule has 1 saturated heterocycles. The quantitative estimate of drug-likeness (QED) is 0.738. The Morgan fingerprint density at radius 1 is 1.11 bits per heavy atom. The van der Waals surface area contributed by atoms with Crippen LogP contribution in [0.4, 0.5) is 4.79 Å². The number of imide groups is 1. The van der Waals surface area contributed by atoms with E-state index in [2.05, 4.69) is 0 Å². The minimum Gasteiger partial charge on any atom is -0.465 e. The minimum absolute atomic E-state index is 0.195. The van der Waals surface area contributed by atoms with Crippen molar-refractivity contribution in [2.75, 3.05) is 13.1 Å². The van der Waals surface area contributed by atoms with E-state index in [9.17, 15) is 14.4 Å². The van der Waals surface area contributed by atoms with Gasteiger partial charge in [0.05, 0.1) is 17.2 Å². The second-order valence-corrected chi connectivity index (χ2v) is 4.37. The Hall–Kier alpha value is -2.37. The van der Waals surface area contributed by atoms with E-state index < -0.39 is 6.09 Å². The molecule has 0 radical (unpaired) electrons. The van der Waals surface area contributed by atoms with Gasteiger partial charge in [0.2, 0.25) is 0 Å². The summed E-state index contributed by atoms with van der Waals surface area (Å²) in [6.45, 7) is 0.390. The SMILES string of the molecule is O=C(O)N1CC(N2C(=O)c3ccccc3C2=O)C1. The molecule has 2 aliphatic rings. The molecule has 0 saturated carbocycles. The van der Waals surface area contributed by atoms with Crippen molar-refractivity contribution in [3.63, 3.8) is 0 Å². The molecule has 92 valence electrons. The molecule has 1 fully saturated rings. The number of carbonyl (C=O) groups is 3. The zero-order chi connectivity index (χ0) is 12.9. The zero-order valence-corrected chi connectivity index (χ0v) is 9.37. The molecule has 6 nitrogen and oxygen atoms in total. The lowest BCUT2D eigenvalue weighted by atomic mass is 10.1. The van der Waals surface area contributed by atoms with Crippen LogP contribution in [-0.2, 0) is 0 Å². The second kappa shape index (κ2) is 3.56. The van der Waals surface area contributed by atoms with Crippen molar-refractivity contribution in [3.05, 3.63) is 35.4 Å². The Bertz CT molecular complexity index is 528. The third-order valence-electron chi connectivity index (χ3n) is 3.32. The van der Waals surface area contributed by atoms with E-state index in [1.807, 2.05) is 0 Å². The van der Waals surface area contributed by atoms with Crippen LogP contribution >= 0.6 is 0 Å². The molecule has 1 N–H and O–H groups in total. The van der Waals surface area contributed by atoms with Crippen LogP contribution in [0, 0.1) is 0 Å². The lowest BCUT2D eigenvalue weighted by molar-refractivity contribution is 0.0290. The highest BCUT2D eigenvalue weighted by Crippen LogP contribution is 2.27. The largest absolute Gasteiger partial charge is 0.465 e. The highest BCUT2D eigenvalue weighted by molar-refractivity contribution is 6.21. The number of likely N-dealkylation sites (tertiary alicyclic amines) is 1. The highest BCUT2D eigenvalue weighted by atomic mass is 16.4. The first-order chi connectivity index (χ1) is 8.59. The third-order valence-corrected chi connectivity index (χ3v) is 3.32. The van der Waals surface area contributed by atoms with Gasteiger partial charge in [0.15, 0.2) is 0 Å². The van der Waals surface area contributed by atoms with Gasteiger partial charge >= 0.3 is 6.09 Å². The predicted molar refractivity (Wildman–Crippen MR) is 60.3 cm³/mol. The van der Waals surface area contributed by atoms with E-state index in [1.165, 1.54) is 9.80 Å². The molecule has 0 aromatic heterocycles. The lowest BCUT2D eigenvalue weighted by Gasteiger charge is -2.41. The Morgan fingerprint density at radius 3 is 2.06 bits per heavy atom. The van der Waals surface area contributed by atoms with Crippen molar-refractivity contribution in [1.82, 2.24) is 9.80 Å². The fraction of sp³-hybridized carbons (Fsp3) is 0.250. The summed E-state index contributed by atoms with van der Waals surface area (Å²) >= 11 is 0. The number of benzene rings is 1. The monoisotopic (exact) mass is 246 g/mol. The Labute approximate surface area is 102 Å². The van der Waals surface area contributed by atoms with Crippen LogP contribution in [0.3, 0.4) is 0 Å². The molecule has 3 amide bonds. The number of hydrogen-bond acceptors (Lipinski definition) is 3. The number of carboxylic acid groups (broad SMARTS) is 1. The first kappa shape index (κ1) is 10.8. The molecule has 1 aromatic carbocycles. The molecule has 0 aliphatic carbocycles. The maximum Gasteiger partial charge on any atom is 0.407 e. The van der Waals surface area contributed by atoms with Crippen molar-refractivity contribution in [1.29, 1.82) is 0 Å². The van der Waals surface area contributed by atoms with Gasteiger partial charge < -0.3 is 10.0 Å². The van der Waals surface area contributed by atoms with Gasteiger partial charge in [0.25, 0.3) is 11.8 Å². The molecule has 0 bridgehead atoms. The number of fused-ring (bicyclic) bond motifs is 1. The summed E-state index contributed by atoms with van der Waals surface area (Å²) in [5, 5.41) is 8.74. The standard InChI is InChI=1S/C12H10N2O4/c15-10-8-3-1-2-4-9(8)11(16)14(10)7-5-13(6-7)12(17)18/h1-4,7H,5-6H2,(H,17,18). The number of hydrogen-bond donors (Lipinski definition) is 1. The lowest BCUT2D eigenvalue weighted by Crippen LogP contribution is -2.62. The summed E-state index contributed by atoms with van der Waals surface area (Å²) in [6, 6.07) is 6.30. The van der Waals surface area contributed by atoms with E-state index in [-0.39, 0.29) is 30.9 Å². The molecule has 0 atom stereocenters. The summed E-state index contributed by atoms with van der Waals surface area (Å²) in [6.07, 6.45) is -1.03. The number of rotatable bonds is 1. The molecular weight excluding hydrogens is 236 g/mol. The van der Waals surface area contributed by atoms with Crippen LogP contribution in [0.15, 0.2) is 24.3 Å². The number of carbonyl (C=O) groups excluding carboxylic acids is 2. The number of amides is 3. The Morgan fingerprint density at radius 2 is 1.61 bits per heavy atom. The van der Waals surface area contributed by atoms with Gasteiger partial charge in [-0.15, -0.1) is 0 Å². The second-order valence-electron chi connectivity index (χ2n) is 4.37. The molecule has 2 aliphatic heterocycles. The van der Waals surface area contributed by atoms with Crippen LogP contribution in [-0.4, -0.2) is 51.9 Å². The molecule has 3 rings (SSSR count). The highest BCUT2D eigenvalue weighted by Gasteiger charge is 2.45. The van der Waals surface area contributed by atoms with Gasteiger partial charge in [-0.05, 0) is 12.1 Å². The van der Waals surface area contributed by atoms with E-state index in [0.29, 0.717) is 11.1 Å². The van der Waals surface area contributed by atoms with Crippen LogP contribution < -0.4 is 0 Å². The fourth-order valence-electron chi connectivity index (χ4n) is 2.31. The zero-order valence-electron chi connectivity index (χ0n) is 9.37. The first-order valence-electron chi connectivity index (χ1n) is 5.54. The topological polar surface area (TPSA) is 77.9 Å². The average molecular weight is 246 g/mol. The van der Waals surface area contributed by atoms with Gasteiger partial charge in [-0.2, -0.15) is 0 Å². The van der Waals surface area contributed by atoms with Gasteiger partial charge in [0.1, 0.15) is 0 Å². The normalized spacial score (nSPS) is 18.9. The predicted octanol–water partition coefficient (Wildman–Crippen LogP) is 0.645. The number of nitrogens with zero attached hydrogens (tertiary/aromatic N) is 2. The van der Waals surface area contributed by atoms with Gasteiger partial charge in [0, 0.05) is 13.1 Å². The van der Waals surface area contributed by atoms with Crippen molar-refractivity contribution in [3.8, 4) is 0 Å². The molecule has 1 aromatic rings. The van der Waals surface area contributed by atoms with Gasteiger partial charge in [-0.3, -0.25) is 14.5 Å². The van der Waals surface area contributed by atoms with Crippen LogP contribution in [0.25, 0.3) is 0 Å². The molecule has 2 heterocycles. The average Bonchev–Trinajstić information content (AvgIpc) is 2.53. The van der Waals surface area contributed by atoms with E-state index in [1.54, 1.807) is 24.3 Å². The van der Waals surface area contributed by atoms with Crippen molar-refractivity contribution >= 4 is 17.9 Å². The fourth-order valence-corrected chi connectivity index (χ4v) is 2.31. The van der Waals surface area contributed by atoms with Gasteiger partial charge in [-0.25, -0.2) is 4.79 Å². The molecular formula is C12H10N2O4. The summed E-state index contributed by atoms with van der Waals surface area (Å²) in [4.78, 5) is 37.1. The Kier molecular flexibility index (Phi) is 2.13. The molecule has 6 heteroatoms. The summed E-state index contributed by atoms with van der Waals surface area (Å²) in [7, 11) is 0. The summed E-state index contributed by atoms with van der Waals surface area (Å²) in [5.74, 6) is -0.656. The van der Waals surface area contributed by atoms with Gasteiger partial charge in [-0.1, -0.05) is 12.1 Å². The van der Waals surface area contributed by atoms with Crippen LogP contribution in [0.5, 0.6) is 0 Å². The van der Waals surface area contributed by atoms with Crippen LogP contribution in [0.2, 0.25) is 0 Å². The van der Waals surface area contributed by atoms with E-state index >= 15 is 0 Å². The summed E-state index contributed by atoms with van der Waals surface area (Å²) in [5.41, 5.74) is 0.799. The molecule has 18 heavy (non-hydrogen) atoms. The maximum atomic E-state index is 12.1. The third kappa shape index (κ3) is 1.32. The van der Waals surface area contributed by atoms with E-state index in [4.69, 9.17) is 5.11 Å².